The van der Waals surface area contributed by atoms with Crippen molar-refractivity contribution in [2.75, 3.05) is 6.61 Å². The highest BCUT2D eigenvalue weighted by Gasteiger charge is 2.37. The van der Waals surface area contributed by atoms with Crippen LogP contribution in [0.4, 0.5) is 0 Å². The molecule has 0 amide bonds. The molecule has 0 aliphatic heterocycles. The van der Waals surface area contributed by atoms with Crippen LogP contribution in [0, 0.1) is 0 Å². The maximum atomic E-state index is 11.9. The number of Topliss-reactive ketones (excluding diaryl/α,β-unsaturated/α-hetero) is 1. The number of carbonyl (C=O) groups excluding carboxylic acids is 2. The fraction of sp³-hybridized carbons (Fsp3) is 0.357. The summed E-state index contributed by atoms with van der Waals surface area (Å²) in [5.41, 5.74) is 7.08. The molecule has 0 saturated carbocycles. The van der Waals surface area contributed by atoms with Crippen molar-refractivity contribution < 1.29 is 24.2 Å². The lowest BCUT2D eigenvalue weighted by Crippen LogP contribution is -2.34. The summed E-state index contributed by atoms with van der Waals surface area (Å²) in [4.78, 5) is 26.0. The number of rotatable bonds is 6. The van der Waals surface area contributed by atoms with Gasteiger partial charge in [-0.05, 0) is 19.4 Å². The van der Waals surface area contributed by atoms with Gasteiger partial charge in [0.25, 0.3) is 5.78 Å². The van der Waals surface area contributed by atoms with Crippen LogP contribution in [0.25, 0.3) is 5.53 Å². The van der Waals surface area contributed by atoms with Gasteiger partial charge in [0, 0.05) is 0 Å². The summed E-state index contributed by atoms with van der Waals surface area (Å²) in [6.07, 6.45) is -0.394. The van der Waals surface area contributed by atoms with Gasteiger partial charge in [0.1, 0.15) is 0 Å². The molecule has 1 unspecified atom stereocenters. The van der Waals surface area contributed by atoms with Crippen molar-refractivity contribution in [2.45, 2.75) is 25.9 Å². The molecule has 0 bridgehead atoms. The van der Waals surface area contributed by atoms with E-state index in [-0.39, 0.29) is 6.61 Å². The molecule has 0 saturated heterocycles. The van der Waals surface area contributed by atoms with E-state index >= 15 is 0 Å². The highest BCUT2D eigenvalue weighted by Crippen LogP contribution is 2.24. The monoisotopic (exact) mass is 276 g/mol. The average Bonchev–Trinajstić information content (AvgIpc) is 2.40. The minimum absolute atomic E-state index is 0.0558. The standard InChI is InChI=1S/C14H16N2O4/c1-3-20-13(18)12(16-15)11(17)9-14(2,19)10-7-5-4-6-8-10/h4-8,19H,3,9H2,1-2H3. The number of ketones is 1. The summed E-state index contributed by atoms with van der Waals surface area (Å²) in [6, 6.07) is 8.54. The lowest BCUT2D eigenvalue weighted by atomic mass is 9.89. The molecular weight excluding hydrogens is 260 g/mol. The first-order valence-electron chi connectivity index (χ1n) is 6.12. The largest absolute Gasteiger partial charge is 0.457 e. The smallest absolute Gasteiger partial charge is 0.441 e. The molecule has 0 spiro atoms. The van der Waals surface area contributed by atoms with Crippen LogP contribution in [0.5, 0.6) is 0 Å². The number of hydrogen-bond donors (Lipinski definition) is 1. The molecule has 20 heavy (non-hydrogen) atoms. The van der Waals surface area contributed by atoms with Crippen LogP contribution >= 0.6 is 0 Å². The van der Waals surface area contributed by atoms with E-state index < -0.39 is 29.5 Å². The Morgan fingerprint density at radius 2 is 1.95 bits per heavy atom. The van der Waals surface area contributed by atoms with Crippen molar-refractivity contribution in [1.29, 1.82) is 0 Å². The Labute approximate surface area is 116 Å². The third-order valence-corrected chi connectivity index (χ3v) is 2.73. The predicted octanol–water partition coefficient (Wildman–Crippen LogP) is 1.09. The number of nitrogens with zero attached hydrogens (tertiary/aromatic N) is 2. The average molecular weight is 276 g/mol. The van der Waals surface area contributed by atoms with Crippen molar-refractivity contribution >= 4 is 17.5 Å². The Morgan fingerprint density at radius 3 is 2.45 bits per heavy atom. The second-order valence-corrected chi connectivity index (χ2v) is 4.41. The van der Waals surface area contributed by atoms with Crippen LogP contribution in [0.2, 0.25) is 0 Å². The third kappa shape index (κ3) is 3.85. The SMILES string of the molecule is CCOC(=O)C(=[N+]=[N-])C(=O)CC(C)(O)c1ccccc1. The second-order valence-electron chi connectivity index (χ2n) is 4.41. The van der Waals surface area contributed by atoms with E-state index in [1.807, 2.05) is 0 Å². The summed E-state index contributed by atoms with van der Waals surface area (Å²) >= 11 is 0. The lowest BCUT2D eigenvalue weighted by Gasteiger charge is -2.21. The minimum Gasteiger partial charge on any atom is -0.457 e. The fourth-order valence-electron chi connectivity index (χ4n) is 1.71. The number of esters is 1. The predicted molar refractivity (Wildman–Crippen MR) is 70.9 cm³/mol. The van der Waals surface area contributed by atoms with Crippen LogP contribution < -0.4 is 0 Å². The van der Waals surface area contributed by atoms with E-state index in [1.165, 1.54) is 6.92 Å². The summed E-state index contributed by atoms with van der Waals surface area (Å²) in [5.74, 6) is -1.80. The van der Waals surface area contributed by atoms with Crippen molar-refractivity contribution in [3.05, 3.63) is 41.4 Å². The summed E-state index contributed by atoms with van der Waals surface area (Å²) in [6.45, 7) is 3.07. The molecule has 106 valence electrons. The summed E-state index contributed by atoms with van der Waals surface area (Å²) in [7, 11) is 0. The molecule has 1 aromatic rings. The quantitative estimate of drug-likeness (QED) is 0.276. The first-order chi connectivity index (χ1) is 9.42. The Kier molecular flexibility index (Phi) is 5.32. The molecule has 0 aliphatic rings. The highest BCUT2D eigenvalue weighted by atomic mass is 16.5. The number of ether oxygens (including phenoxy) is 1. The Hall–Kier alpha value is -2.30. The first kappa shape index (κ1) is 15.8. The molecule has 0 aromatic heterocycles. The first-order valence-corrected chi connectivity index (χ1v) is 6.12. The number of aliphatic hydroxyl groups is 1. The van der Waals surface area contributed by atoms with Crippen LogP contribution in [0.1, 0.15) is 25.8 Å². The van der Waals surface area contributed by atoms with Crippen molar-refractivity contribution in [3.63, 3.8) is 0 Å². The number of hydrogen-bond acceptors (Lipinski definition) is 4. The normalized spacial score (nSPS) is 12.9. The van der Waals surface area contributed by atoms with Gasteiger partial charge in [-0.25, -0.2) is 4.79 Å². The van der Waals surface area contributed by atoms with Gasteiger partial charge in [-0.2, -0.15) is 4.79 Å². The van der Waals surface area contributed by atoms with E-state index in [9.17, 15) is 14.7 Å². The van der Waals surface area contributed by atoms with Crippen LogP contribution in [0.15, 0.2) is 30.3 Å². The molecule has 6 heteroatoms. The van der Waals surface area contributed by atoms with Gasteiger partial charge >= 0.3 is 11.7 Å². The topological polar surface area (TPSA) is 100 Å². The van der Waals surface area contributed by atoms with Crippen molar-refractivity contribution in [3.8, 4) is 0 Å². The van der Waals surface area contributed by atoms with E-state index in [4.69, 9.17) is 5.53 Å². The van der Waals surface area contributed by atoms with Gasteiger partial charge in [0.15, 0.2) is 0 Å². The van der Waals surface area contributed by atoms with Crippen molar-refractivity contribution in [2.24, 2.45) is 0 Å². The zero-order valence-corrected chi connectivity index (χ0v) is 11.4. The molecule has 1 aromatic carbocycles. The maximum Gasteiger partial charge on any atom is 0.441 e. The van der Waals surface area contributed by atoms with Crippen LogP contribution in [-0.2, 0) is 19.9 Å². The lowest BCUT2D eigenvalue weighted by molar-refractivity contribution is -0.142. The summed E-state index contributed by atoms with van der Waals surface area (Å²) in [5, 5.41) is 10.3. The van der Waals surface area contributed by atoms with Gasteiger partial charge in [-0.3, -0.25) is 4.79 Å². The Balaban J connectivity index is 2.89. The van der Waals surface area contributed by atoms with Crippen molar-refractivity contribution in [1.82, 2.24) is 0 Å². The molecule has 0 fully saturated rings. The Morgan fingerprint density at radius 1 is 1.35 bits per heavy atom. The molecule has 1 rings (SSSR count). The zero-order chi connectivity index (χ0) is 15.2. The van der Waals surface area contributed by atoms with E-state index in [0.29, 0.717) is 5.56 Å². The molecule has 6 nitrogen and oxygen atoms in total. The number of benzene rings is 1. The summed E-state index contributed by atoms with van der Waals surface area (Å²) < 4.78 is 4.60. The molecular formula is C14H16N2O4. The van der Waals surface area contributed by atoms with Gasteiger partial charge in [0.2, 0.25) is 0 Å². The fourth-order valence-corrected chi connectivity index (χ4v) is 1.71. The van der Waals surface area contributed by atoms with Crippen LogP contribution in [-0.4, -0.2) is 34.0 Å². The molecule has 1 atom stereocenters. The van der Waals surface area contributed by atoms with E-state index in [1.54, 1.807) is 37.3 Å². The molecule has 0 radical (unpaired) electrons. The molecule has 0 aliphatic carbocycles. The van der Waals surface area contributed by atoms with Gasteiger partial charge in [0.05, 0.1) is 18.6 Å². The van der Waals surface area contributed by atoms with E-state index in [0.717, 1.165) is 0 Å². The second kappa shape index (κ2) is 6.75. The highest BCUT2D eigenvalue weighted by molar-refractivity contribution is 6.62. The van der Waals surface area contributed by atoms with E-state index in [2.05, 4.69) is 9.53 Å². The van der Waals surface area contributed by atoms with Gasteiger partial charge in [-0.15, -0.1) is 0 Å². The Bertz CT molecular complexity index is 546. The third-order valence-electron chi connectivity index (χ3n) is 2.73. The maximum absolute atomic E-state index is 11.9. The molecule has 1 N–H and O–H groups in total. The van der Waals surface area contributed by atoms with Gasteiger partial charge in [-0.1, -0.05) is 30.3 Å². The van der Waals surface area contributed by atoms with Gasteiger partial charge < -0.3 is 15.4 Å². The van der Waals surface area contributed by atoms with Crippen LogP contribution in [0.3, 0.4) is 0 Å². The number of carbonyl (C=O) groups is 2. The minimum atomic E-state index is -1.47. The zero-order valence-electron chi connectivity index (χ0n) is 11.4. The molecule has 0 heterocycles.